The van der Waals surface area contributed by atoms with Gasteiger partial charge in [0.15, 0.2) is 17.5 Å². The maximum absolute atomic E-state index is 6.78. The first kappa shape index (κ1) is 27.5. The molecule has 4 nitrogen and oxygen atoms in total. The molecular formula is C45H27N3O. The SMILES string of the molecule is c1ccc(-c2nc(-c3ccc4ccccc4c3)nc(-c3cc4ccccc4c4oc5cc(-c6ccc7ccccc7c6)ccc5c34)n2)cc1. The van der Waals surface area contributed by atoms with Gasteiger partial charge in [-0.15, -0.1) is 0 Å². The van der Waals surface area contributed by atoms with Gasteiger partial charge in [-0.05, 0) is 68.4 Å². The molecule has 0 unspecified atom stereocenters. The summed E-state index contributed by atoms with van der Waals surface area (Å²) in [6.07, 6.45) is 0. The maximum atomic E-state index is 6.78. The largest absolute Gasteiger partial charge is 0.455 e. The highest BCUT2D eigenvalue weighted by atomic mass is 16.3. The summed E-state index contributed by atoms with van der Waals surface area (Å²) in [7, 11) is 0. The van der Waals surface area contributed by atoms with Crippen molar-refractivity contribution in [1.82, 2.24) is 15.0 Å². The third-order valence-electron chi connectivity index (χ3n) is 9.46. The van der Waals surface area contributed by atoms with Crippen LogP contribution in [0.1, 0.15) is 0 Å². The minimum Gasteiger partial charge on any atom is -0.455 e. The normalized spacial score (nSPS) is 11.7. The number of hydrogen-bond donors (Lipinski definition) is 0. The number of fused-ring (bicyclic) bond motifs is 7. The highest BCUT2D eigenvalue weighted by molar-refractivity contribution is 6.21. The number of furan rings is 1. The van der Waals surface area contributed by atoms with Crippen molar-refractivity contribution in [2.45, 2.75) is 0 Å². The third-order valence-corrected chi connectivity index (χ3v) is 9.46. The quantitative estimate of drug-likeness (QED) is 0.195. The Morgan fingerprint density at radius 2 is 0.898 bits per heavy atom. The predicted molar refractivity (Wildman–Crippen MR) is 201 cm³/mol. The molecule has 49 heavy (non-hydrogen) atoms. The van der Waals surface area contributed by atoms with E-state index in [0.29, 0.717) is 17.5 Å². The molecule has 10 aromatic rings. The Balaban J connectivity index is 1.22. The molecule has 0 fully saturated rings. The molecule has 0 saturated carbocycles. The summed E-state index contributed by atoms with van der Waals surface area (Å²) < 4.78 is 6.78. The molecule has 228 valence electrons. The van der Waals surface area contributed by atoms with Crippen molar-refractivity contribution in [3.8, 4) is 45.3 Å². The molecule has 0 aliphatic rings. The molecule has 0 bridgehead atoms. The molecule has 0 saturated heterocycles. The van der Waals surface area contributed by atoms with E-state index in [1.807, 2.05) is 30.3 Å². The predicted octanol–water partition coefficient (Wildman–Crippen LogP) is 11.9. The highest BCUT2D eigenvalue weighted by Gasteiger charge is 2.21. The average molecular weight is 626 g/mol. The van der Waals surface area contributed by atoms with Gasteiger partial charge in [0.1, 0.15) is 11.2 Å². The number of hydrogen-bond acceptors (Lipinski definition) is 4. The summed E-state index contributed by atoms with van der Waals surface area (Å²) >= 11 is 0. The zero-order valence-corrected chi connectivity index (χ0v) is 26.3. The Morgan fingerprint density at radius 1 is 0.347 bits per heavy atom. The van der Waals surface area contributed by atoms with Crippen LogP contribution in [0.4, 0.5) is 0 Å². The van der Waals surface area contributed by atoms with Gasteiger partial charge in [-0.25, -0.2) is 15.0 Å². The first-order chi connectivity index (χ1) is 24.2. The molecule has 0 aliphatic carbocycles. The van der Waals surface area contributed by atoms with E-state index in [-0.39, 0.29) is 0 Å². The first-order valence-electron chi connectivity index (χ1n) is 16.4. The smallest absolute Gasteiger partial charge is 0.164 e. The molecule has 0 spiro atoms. The maximum Gasteiger partial charge on any atom is 0.164 e. The minimum absolute atomic E-state index is 0.606. The lowest BCUT2D eigenvalue weighted by atomic mass is 9.97. The van der Waals surface area contributed by atoms with Crippen molar-refractivity contribution in [2.75, 3.05) is 0 Å². The second-order valence-corrected chi connectivity index (χ2v) is 12.5. The van der Waals surface area contributed by atoms with Crippen LogP contribution >= 0.6 is 0 Å². The molecule has 0 radical (unpaired) electrons. The topological polar surface area (TPSA) is 51.8 Å². The van der Waals surface area contributed by atoms with Crippen molar-refractivity contribution >= 4 is 54.3 Å². The summed E-state index contributed by atoms with van der Waals surface area (Å²) in [5, 5.41) is 8.88. The molecule has 0 N–H and O–H groups in total. The molecule has 10 rings (SSSR count). The van der Waals surface area contributed by atoms with Gasteiger partial charge in [-0.2, -0.15) is 0 Å². The van der Waals surface area contributed by atoms with E-state index in [4.69, 9.17) is 19.4 Å². The summed E-state index contributed by atoms with van der Waals surface area (Å²) in [4.78, 5) is 15.3. The molecule has 2 aromatic heterocycles. The zero-order chi connectivity index (χ0) is 32.3. The van der Waals surface area contributed by atoms with Gasteiger partial charge < -0.3 is 4.42 Å². The fraction of sp³-hybridized carbons (Fsp3) is 0. The van der Waals surface area contributed by atoms with Crippen LogP contribution in [0.15, 0.2) is 168 Å². The van der Waals surface area contributed by atoms with Crippen LogP contribution in [0.25, 0.3) is 99.5 Å². The third kappa shape index (κ3) is 4.65. The van der Waals surface area contributed by atoms with E-state index in [9.17, 15) is 0 Å². The summed E-state index contributed by atoms with van der Waals surface area (Å²) in [5.41, 5.74) is 6.69. The van der Waals surface area contributed by atoms with Crippen molar-refractivity contribution in [2.24, 2.45) is 0 Å². The van der Waals surface area contributed by atoms with Gasteiger partial charge in [-0.1, -0.05) is 133 Å². The lowest BCUT2D eigenvalue weighted by Gasteiger charge is -2.11. The molecule has 0 amide bonds. The lowest BCUT2D eigenvalue weighted by Crippen LogP contribution is -2.00. The Hall–Kier alpha value is -6.65. The van der Waals surface area contributed by atoms with Gasteiger partial charge in [0.25, 0.3) is 0 Å². The summed E-state index contributed by atoms with van der Waals surface area (Å²) in [6.45, 7) is 0. The molecule has 0 aliphatic heterocycles. The van der Waals surface area contributed by atoms with Crippen LogP contribution < -0.4 is 0 Å². The van der Waals surface area contributed by atoms with Crippen LogP contribution in [0.3, 0.4) is 0 Å². The van der Waals surface area contributed by atoms with Crippen molar-refractivity contribution in [1.29, 1.82) is 0 Å². The minimum atomic E-state index is 0.606. The fourth-order valence-corrected chi connectivity index (χ4v) is 7.01. The molecule has 2 heterocycles. The average Bonchev–Trinajstić information content (AvgIpc) is 3.57. The number of aromatic nitrogens is 3. The van der Waals surface area contributed by atoms with Gasteiger partial charge >= 0.3 is 0 Å². The van der Waals surface area contributed by atoms with Crippen LogP contribution in [-0.4, -0.2) is 15.0 Å². The van der Waals surface area contributed by atoms with E-state index in [1.165, 1.54) is 16.2 Å². The van der Waals surface area contributed by atoms with Crippen LogP contribution in [0.2, 0.25) is 0 Å². The van der Waals surface area contributed by atoms with Crippen molar-refractivity contribution in [3.63, 3.8) is 0 Å². The van der Waals surface area contributed by atoms with Crippen LogP contribution in [0, 0.1) is 0 Å². The standard InChI is InChI=1S/C45H27N3O/c1-2-12-30(13-3-1)43-46-44(36-21-19-29-11-5-7-15-32(29)25-36)48-45(47-43)39-26-35-16-8-9-17-37(35)42-41(39)38-23-22-34(27-40(38)49-42)33-20-18-28-10-4-6-14-31(28)24-33/h1-27H. The monoisotopic (exact) mass is 625 g/mol. The highest BCUT2D eigenvalue weighted by Crippen LogP contribution is 2.42. The van der Waals surface area contributed by atoms with E-state index in [0.717, 1.165) is 65.9 Å². The van der Waals surface area contributed by atoms with Crippen LogP contribution in [-0.2, 0) is 0 Å². The Bertz CT molecular complexity index is 2890. The second kappa shape index (κ2) is 11.0. The van der Waals surface area contributed by atoms with E-state index in [1.54, 1.807) is 0 Å². The number of rotatable bonds is 4. The Labute approximate surface area is 282 Å². The molecule has 0 atom stereocenters. The molecule has 8 aromatic carbocycles. The Kier molecular flexibility index (Phi) is 6.15. The second-order valence-electron chi connectivity index (χ2n) is 12.5. The van der Waals surface area contributed by atoms with E-state index >= 15 is 0 Å². The van der Waals surface area contributed by atoms with E-state index in [2.05, 4.69) is 133 Å². The zero-order valence-electron chi connectivity index (χ0n) is 26.3. The number of benzene rings is 8. The summed E-state index contributed by atoms with van der Waals surface area (Å²) in [5.74, 6) is 1.86. The lowest BCUT2D eigenvalue weighted by molar-refractivity contribution is 0.673. The van der Waals surface area contributed by atoms with Gasteiger partial charge in [0.05, 0.1) is 0 Å². The van der Waals surface area contributed by atoms with E-state index < -0.39 is 0 Å². The fourth-order valence-electron chi connectivity index (χ4n) is 7.01. The molecular weight excluding hydrogens is 599 g/mol. The van der Waals surface area contributed by atoms with Gasteiger partial charge in [0, 0.05) is 32.8 Å². The van der Waals surface area contributed by atoms with Gasteiger partial charge in [-0.3, -0.25) is 0 Å². The van der Waals surface area contributed by atoms with Crippen molar-refractivity contribution < 1.29 is 4.42 Å². The first-order valence-corrected chi connectivity index (χ1v) is 16.4. The van der Waals surface area contributed by atoms with Gasteiger partial charge in [0.2, 0.25) is 0 Å². The number of nitrogens with zero attached hydrogens (tertiary/aromatic N) is 3. The van der Waals surface area contributed by atoms with Crippen molar-refractivity contribution in [3.05, 3.63) is 164 Å². The Morgan fingerprint density at radius 3 is 1.65 bits per heavy atom. The molecule has 4 heteroatoms. The summed E-state index contributed by atoms with van der Waals surface area (Å²) in [6, 6.07) is 57.0. The van der Waals surface area contributed by atoms with Crippen LogP contribution in [0.5, 0.6) is 0 Å².